The molecule has 1 aliphatic rings. The van der Waals surface area contributed by atoms with Gasteiger partial charge in [0.05, 0.1) is 17.0 Å². The second-order valence-electron chi connectivity index (χ2n) is 6.72. The molecule has 5 nitrogen and oxygen atoms in total. The Labute approximate surface area is 163 Å². The largest absolute Gasteiger partial charge is 0.441 e. The molecule has 1 fully saturated rings. The van der Waals surface area contributed by atoms with Crippen molar-refractivity contribution < 1.29 is 13.6 Å². The average molecular weight is 392 g/mol. The highest BCUT2D eigenvalue weighted by Crippen LogP contribution is 2.26. The number of rotatable bonds is 8. The van der Waals surface area contributed by atoms with Gasteiger partial charge in [-0.1, -0.05) is 19.1 Å². The van der Waals surface area contributed by atoms with Gasteiger partial charge in [-0.05, 0) is 45.0 Å². The van der Waals surface area contributed by atoms with Crippen LogP contribution in [0.1, 0.15) is 31.2 Å². The number of likely N-dealkylation sites (tertiary alicyclic amines) is 1. The Morgan fingerprint density at radius 3 is 3.04 bits per heavy atom. The lowest BCUT2D eigenvalue weighted by atomic mass is 10.2. The van der Waals surface area contributed by atoms with Crippen LogP contribution < -0.4 is 5.32 Å². The van der Waals surface area contributed by atoms with Crippen molar-refractivity contribution in [1.82, 2.24) is 15.2 Å². The highest BCUT2D eigenvalue weighted by molar-refractivity contribution is 7.99. The fourth-order valence-corrected chi connectivity index (χ4v) is 4.23. The van der Waals surface area contributed by atoms with Gasteiger partial charge in [-0.25, -0.2) is 9.37 Å². The lowest BCUT2D eigenvalue weighted by Crippen LogP contribution is -2.40. The zero-order valence-electron chi connectivity index (χ0n) is 15.8. The molecule has 2 aromatic rings. The summed E-state index contributed by atoms with van der Waals surface area (Å²) in [6, 6.07) is 6.88. The molecule has 1 aromatic carbocycles. The van der Waals surface area contributed by atoms with Gasteiger partial charge >= 0.3 is 0 Å². The number of amides is 1. The highest BCUT2D eigenvalue weighted by atomic mass is 32.2. The third-order valence-corrected chi connectivity index (χ3v) is 5.85. The zero-order chi connectivity index (χ0) is 19.2. The molecule has 1 aliphatic heterocycles. The minimum Gasteiger partial charge on any atom is -0.441 e. The first-order chi connectivity index (χ1) is 13.1. The van der Waals surface area contributed by atoms with Gasteiger partial charge in [0.25, 0.3) is 0 Å². The molecular weight excluding hydrogens is 365 g/mol. The Hall–Kier alpha value is -1.86. The second-order valence-corrected chi connectivity index (χ2v) is 7.71. The summed E-state index contributed by atoms with van der Waals surface area (Å²) in [5, 5.41) is 3.03. The number of hydrogen-bond acceptors (Lipinski definition) is 5. The van der Waals surface area contributed by atoms with Crippen LogP contribution in [0.4, 0.5) is 4.39 Å². The van der Waals surface area contributed by atoms with Crippen LogP contribution in [0.3, 0.4) is 0 Å². The van der Waals surface area contributed by atoms with Crippen LogP contribution in [0.2, 0.25) is 0 Å². The van der Waals surface area contributed by atoms with Crippen LogP contribution in [0.15, 0.2) is 28.7 Å². The van der Waals surface area contributed by atoms with E-state index in [0.29, 0.717) is 35.4 Å². The van der Waals surface area contributed by atoms with Crippen molar-refractivity contribution in [1.29, 1.82) is 0 Å². The van der Waals surface area contributed by atoms with E-state index in [1.165, 1.54) is 24.2 Å². The van der Waals surface area contributed by atoms with Gasteiger partial charge in [-0.3, -0.25) is 9.69 Å². The number of benzene rings is 1. The molecule has 1 saturated heterocycles. The summed E-state index contributed by atoms with van der Waals surface area (Å²) in [5.41, 5.74) is 1.10. The molecule has 1 aromatic heterocycles. The minimum atomic E-state index is -0.356. The Morgan fingerprint density at radius 2 is 2.26 bits per heavy atom. The summed E-state index contributed by atoms with van der Waals surface area (Å²) in [7, 11) is 0. The van der Waals surface area contributed by atoms with Gasteiger partial charge in [-0.15, -0.1) is 11.8 Å². The zero-order valence-corrected chi connectivity index (χ0v) is 16.7. The molecule has 1 unspecified atom stereocenters. The van der Waals surface area contributed by atoms with E-state index in [9.17, 15) is 9.18 Å². The van der Waals surface area contributed by atoms with E-state index in [1.54, 1.807) is 18.2 Å². The molecule has 0 bridgehead atoms. The van der Waals surface area contributed by atoms with E-state index in [4.69, 9.17) is 4.42 Å². The normalized spacial score (nSPS) is 17.4. The predicted octanol–water partition coefficient (Wildman–Crippen LogP) is 3.62. The van der Waals surface area contributed by atoms with Crippen molar-refractivity contribution in [2.24, 2.45) is 0 Å². The highest BCUT2D eigenvalue weighted by Gasteiger charge is 2.23. The third-order valence-electron chi connectivity index (χ3n) is 4.91. The van der Waals surface area contributed by atoms with Crippen LogP contribution >= 0.6 is 11.8 Å². The van der Waals surface area contributed by atoms with Crippen LogP contribution in [0.5, 0.6) is 0 Å². The molecule has 0 saturated carbocycles. The summed E-state index contributed by atoms with van der Waals surface area (Å²) >= 11 is 1.49. The standard InChI is InChI=1S/C20H26FN3O2S/c1-3-24-10-6-7-15(24)11-22-19(25)13-27-12-18-14(2)26-20(23-18)16-8-4-5-9-17(16)21/h4-5,8-9,15H,3,6-7,10-13H2,1-2H3,(H,22,25). The Kier molecular flexibility index (Phi) is 6.90. The van der Waals surface area contributed by atoms with Crippen molar-refractivity contribution in [3.05, 3.63) is 41.5 Å². The molecule has 2 heterocycles. The van der Waals surface area contributed by atoms with Crippen LogP contribution in [-0.4, -0.2) is 47.2 Å². The quantitative estimate of drug-likeness (QED) is 0.745. The monoisotopic (exact) mass is 391 g/mol. The Bertz CT molecular complexity index is 780. The average Bonchev–Trinajstić information content (AvgIpc) is 3.26. The summed E-state index contributed by atoms with van der Waals surface area (Å²) in [5.74, 6) is 1.56. The summed E-state index contributed by atoms with van der Waals surface area (Å²) in [6.45, 7) is 6.85. The molecule has 0 spiro atoms. The number of likely N-dealkylation sites (N-methyl/N-ethyl adjacent to an activating group) is 1. The first-order valence-corrected chi connectivity index (χ1v) is 10.5. The van der Waals surface area contributed by atoms with Gasteiger partial charge in [0.2, 0.25) is 11.8 Å². The van der Waals surface area contributed by atoms with Gasteiger partial charge < -0.3 is 9.73 Å². The third kappa shape index (κ3) is 5.11. The molecule has 1 atom stereocenters. The predicted molar refractivity (Wildman–Crippen MR) is 106 cm³/mol. The number of thioether (sulfide) groups is 1. The van der Waals surface area contributed by atoms with E-state index in [0.717, 1.165) is 25.2 Å². The van der Waals surface area contributed by atoms with E-state index in [-0.39, 0.29) is 17.6 Å². The lowest BCUT2D eigenvalue weighted by Gasteiger charge is -2.22. The summed E-state index contributed by atoms with van der Waals surface area (Å²) in [4.78, 5) is 18.9. The number of oxazole rings is 1. The molecule has 27 heavy (non-hydrogen) atoms. The Morgan fingerprint density at radius 1 is 1.44 bits per heavy atom. The SMILES string of the molecule is CCN1CCCC1CNC(=O)CSCc1nc(-c2ccccc2F)oc1C. The molecule has 7 heteroatoms. The van der Waals surface area contributed by atoms with E-state index in [1.807, 2.05) is 6.92 Å². The maximum atomic E-state index is 13.9. The van der Waals surface area contributed by atoms with Gasteiger partial charge in [0, 0.05) is 18.3 Å². The van der Waals surface area contributed by atoms with Gasteiger partial charge in [0.15, 0.2) is 0 Å². The first kappa shape index (κ1) is 19.9. The van der Waals surface area contributed by atoms with E-state index < -0.39 is 0 Å². The van der Waals surface area contributed by atoms with Crippen molar-refractivity contribution >= 4 is 17.7 Å². The lowest BCUT2D eigenvalue weighted by molar-refractivity contribution is -0.118. The molecule has 1 N–H and O–H groups in total. The van der Waals surface area contributed by atoms with E-state index >= 15 is 0 Å². The van der Waals surface area contributed by atoms with Crippen molar-refractivity contribution in [3.8, 4) is 11.5 Å². The molecular formula is C20H26FN3O2S. The van der Waals surface area contributed by atoms with Gasteiger partial charge in [-0.2, -0.15) is 0 Å². The number of hydrogen-bond donors (Lipinski definition) is 1. The summed E-state index contributed by atoms with van der Waals surface area (Å²) in [6.07, 6.45) is 2.36. The van der Waals surface area contributed by atoms with E-state index in [2.05, 4.69) is 22.1 Å². The Balaban J connectivity index is 1.46. The number of aryl methyl sites for hydroxylation is 1. The maximum Gasteiger partial charge on any atom is 0.230 e. The maximum absolute atomic E-state index is 13.9. The molecule has 0 aliphatic carbocycles. The summed E-state index contributed by atoms with van der Waals surface area (Å²) < 4.78 is 19.5. The fourth-order valence-electron chi connectivity index (χ4n) is 3.38. The van der Waals surface area contributed by atoms with Crippen LogP contribution in [-0.2, 0) is 10.5 Å². The van der Waals surface area contributed by atoms with Crippen molar-refractivity contribution in [3.63, 3.8) is 0 Å². The minimum absolute atomic E-state index is 0.0402. The van der Waals surface area contributed by atoms with Crippen LogP contribution in [0.25, 0.3) is 11.5 Å². The topological polar surface area (TPSA) is 58.4 Å². The van der Waals surface area contributed by atoms with Crippen LogP contribution in [0, 0.1) is 12.7 Å². The number of halogens is 1. The number of carbonyl (C=O) groups excluding carboxylic acids is 1. The first-order valence-electron chi connectivity index (χ1n) is 9.38. The van der Waals surface area contributed by atoms with Crippen molar-refractivity contribution in [2.45, 2.75) is 38.5 Å². The molecule has 3 rings (SSSR count). The molecule has 146 valence electrons. The van der Waals surface area contributed by atoms with Crippen molar-refractivity contribution in [2.75, 3.05) is 25.4 Å². The van der Waals surface area contributed by atoms with Gasteiger partial charge in [0.1, 0.15) is 11.6 Å². The smallest absolute Gasteiger partial charge is 0.230 e. The number of carbonyl (C=O) groups is 1. The second kappa shape index (κ2) is 9.37. The molecule has 1 amide bonds. The number of nitrogens with zero attached hydrogens (tertiary/aromatic N) is 2. The number of aromatic nitrogens is 1. The fraction of sp³-hybridized carbons (Fsp3) is 0.500. The number of nitrogens with one attached hydrogen (secondary N) is 1. The molecule has 0 radical (unpaired) electrons.